The van der Waals surface area contributed by atoms with Crippen molar-refractivity contribution in [3.8, 4) is 0 Å². The van der Waals surface area contributed by atoms with Crippen LogP contribution >= 0.6 is 0 Å². The second-order valence-electron chi connectivity index (χ2n) is 4.96. The van der Waals surface area contributed by atoms with Gasteiger partial charge in [0.15, 0.2) is 0 Å². The topological polar surface area (TPSA) is 63.2 Å². The minimum Gasteiger partial charge on any atom is -0.492 e. The van der Waals surface area contributed by atoms with Gasteiger partial charge in [0.2, 0.25) is 0 Å². The van der Waals surface area contributed by atoms with Gasteiger partial charge < -0.3 is 15.4 Å². The molecule has 5 heteroatoms. The zero-order valence-electron chi connectivity index (χ0n) is 12.5. The third-order valence-electron chi connectivity index (χ3n) is 3.19. The molecule has 0 atom stereocenters. The molecule has 0 spiro atoms. The minimum atomic E-state index is -0.248. The number of ether oxygens (including phenoxy) is 1. The van der Waals surface area contributed by atoms with Gasteiger partial charge in [0.1, 0.15) is 17.1 Å². The summed E-state index contributed by atoms with van der Waals surface area (Å²) in [5.41, 5.74) is 2.48. The van der Waals surface area contributed by atoms with Crippen LogP contribution in [0, 0.1) is 0 Å². The molecular formula is C16H21N3O2. The number of nitrogens with one attached hydrogen (secondary N) is 2. The van der Waals surface area contributed by atoms with Crippen LogP contribution in [0.5, 0.6) is 0 Å². The molecule has 0 unspecified atom stereocenters. The Morgan fingerprint density at radius 1 is 1.38 bits per heavy atom. The molecule has 0 bridgehead atoms. The first-order chi connectivity index (χ1) is 10.0. The van der Waals surface area contributed by atoms with E-state index in [1.165, 1.54) is 0 Å². The van der Waals surface area contributed by atoms with Crippen molar-refractivity contribution in [1.82, 2.24) is 15.6 Å². The van der Waals surface area contributed by atoms with Crippen LogP contribution in [0.25, 0.3) is 11.5 Å². The van der Waals surface area contributed by atoms with Gasteiger partial charge in [-0.1, -0.05) is 13.2 Å². The summed E-state index contributed by atoms with van der Waals surface area (Å²) in [5, 5.41) is 5.90. The molecule has 1 fully saturated rings. The third-order valence-corrected chi connectivity index (χ3v) is 3.19. The van der Waals surface area contributed by atoms with E-state index in [1.807, 2.05) is 13.0 Å². The number of hydrogen-bond acceptors (Lipinski definition) is 4. The number of carbonyl (C=O) groups excluding carboxylic acids is 1. The van der Waals surface area contributed by atoms with Gasteiger partial charge in [0, 0.05) is 24.4 Å². The van der Waals surface area contributed by atoms with Crippen molar-refractivity contribution in [2.45, 2.75) is 25.8 Å². The first-order valence-corrected chi connectivity index (χ1v) is 7.07. The standard InChI is InChI=1S/C16H21N3O2/c1-5-21-11(3)14-8-12(10(2)18-13-6-7-13)9-15(19-14)16(20)17-4/h8-9,13,18H,2-3,5-7H2,1,4H3,(H,17,20). The lowest BCUT2D eigenvalue weighted by molar-refractivity contribution is 0.0958. The quantitative estimate of drug-likeness (QED) is 0.754. The molecule has 0 radical (unpaired) electrons. The first kappa shape index (κ1) is 15.1. The first-order valence-electron chi connectivity index (χ1n) is 7.07. The highest BCUT2D eigenvalue weighted by atomic mass is 16.5. The zero-order chi connectivity index (χ0) is 15.4. The summed E-state index contributed by atoms with van der Waals surface area (Å²) < 4.78 is 5.39. The lowest BCUT2D eigenvalue weighted by Crippen LogP contribution is -2.21. The van der Waals surface area contributed by atoms with Gasteiger partial charge in [-0.25, -0.2) is 4.98 Å². The molecule has 0 saturated heterocycles. The van der Waals surface area contributed by atoms with Crippen LogP contribution in [0.1, 0.15) is 41.5 Å². The Bertz CT molecular complexity index is 577. The SMILES string of the molecule is C=C(NC1CC1)c1cc(C(=C)OCC)nc(C(=O)NC)c1. The highest BCUT2D eigenvalue weighted by Crippen LogP contribution is 2.24. The summed E-state index contributed by atoms with van der Waals surface area (Å²) in [6, 6.07) is 4.05. The lowest BCUT2D eigenvalue weighted by atomic mass is 10.1. The second-order valence-corrected chi connectivity index (χ2v) is 4.96. The number of carbonyl (C=O) groups is 1. The largest absolute Gasteiger partial charge is 0.492 e. The number of amides is 1. The fourth-order valence-electron chi connectivity index (χ4n) is 1.90. The molecule has 1 amide bonds. The van der Waals surface area contributed by atoms with E-state index in [-0.39, 0.29) is 5.91 Å². The molecule has 2 N–H and O–H groups in total. The number of rotatable bonds is 7. The number of nitrogens with zero attached hydrogens (tertiary/aromatic N) is 1. The Morgan fingerprint density at radius 3 is 2.62 bits per heavy atom. The van der Waals surface area contributed by atoms with Crippen LogP contribution in [0.15, 0.2) is 25.3 Å². The Morgan fingerprint density at radius 2 is 2.05 bits per heavy atom. The van der Waals surface area contributed by atoms with Crippen molar-refractivity contribution in [3.63, 3.8) is 0 Å². The molecule has 1 saturated carbocycles. The third kappa shape index (κ3) is 3.84. The van der Waals surface area contributed by atoms with Gasteiger partial charge in [0.25, 0.3) is 5.91 Å². The second kappa shape index (κ2) is 6.43. The Labute approximate surface area is 125 Å². The van der Waals surface area contributed by atoms with E-state index in [2.05, 4.69) is 28.8 Å². The van der Waals surface area contributed by atoms with E-state index in [4.69, 9.17) is 4.74 Å². The lowest BCUT2D eigenvalue weighted by Gasteiger charge is -2.13. The molecule has 5 nitrogen and oxygen atoms in total. The summed E-state index contributed by atoms with van der Waals surface area (Å²) in [7, 11) is 1.57. The number of hydrogen-bond donors (Lipinski definition) is 2. The van der Waals surface area contributed by atoms with E-state index in [1.54, 1.807) is 13.1 Å². The summed E-state index contributed by atoms with van der Waals surface area (Å²) in [6.07, 6.45) is 2.32. The molecule has 0 aromatic carbocycles. The smallest absolute Gasteiger partial charge is 0.269 e. The summed E-state index contributed by atoms with van der Waals surface area (Å²) in [4.78, 5) is 16.2. The van der Waals surface area contributed by atoms with Crippen LogP contribution in [-0.2, 0) is 4.74 Å². The van der Waals surface area contributed by atoms with Crippen LogP contribution < -0.4 is 10.6 Å². The molecule has 1 aromatic rings. The zero-order valence-corrected chi connectivity index (χ0v) is 12.5. The Kier molecular flexibility index (Phi) is 4.62. The van der Waals surface area contributed by atoms with Gasteiger partial charge in [0.05, 0.1) is 6.61 Å². The van der Waals surface area contributed by atoms with Crippen molar-refractivity contribution >= 4 is 17.4 Å². The van der Waals surface area contributed by atoms with E-state index in [9.17, 15) is 4.79 Å². The van der Waals surface area contributed by atoms with Gasteiger partial charge in [-0.2, -0.15) is 0 Å². The molecule has 21 heavy (non-hydrogen) atoms. The number of pyridine rings is 1. The molecule has 1 aliphatic rings. The summed E-state index contributed by atoms with van der Waals surface area (Å²) in [5.74, 6) is 0.199. The van der Waals surface area contributed by atoms with Crippen LogP contribution in [0.4, 0.5) is 0 Å². The maximum atomic E-state index is 11.9. The summed E-state index contributed by atoms with van der Waals surface area (Å²) in [6.45, 7) is 10.3. The molecule has 1 heterocycles. The predicted octanol–water partition coefficient (Wildman–Crippen LogP) is 2.17. The maximum absolute atomic E-state index is 11.9. The fourth-order valence-corrected chi connectivity index (χ4v) is 1.90. The van der Waals surface area contributed by atoms with Crippen LogP contribution in [-0.4, -0.2) is 30.6 Å². The van der Waals surface area contributed by atoms with E-state index in [0.717, 1.165) is 24.1 Å². The van der Waals surface area contributed by atoms with Crippen molar-refractivity contribution in [2.24, 2.45) is 0 Å². The normalized spacial score (nSPS) is 13.4. The van der Waals surface area contributed by atoms with Crippen LogP contribution in [0.2, 0.25) is 0 Å². The minimum absolute atomic E-state index is 0.248. The highest BCUT2D eigenvalue weighted by Gasteiger charge is 2.22. The van der Waals surface area contributed by atoms with Gasteiger partial charge in [-0.15, -0.1) is 0 Å². The fraction of sp³-hybridized carbons (Fsp3) is 0.375. The van der Waals surface area contributed by atoms with Gasteiger partial charge in [-0.05, 0) is 31.9 Å². The van der Waals surface area contributed by atoms with Crippen molar-refractivity contribution < 1.29 is 9.53 Å². The molecule has 0 aliphatic heterocycles. The highest BCUT2D eigenvalue weighted by molar-refractivity contribution is 5.93. The van der Waals surface area contributed by atoms with Gasteiger partial charge >= 0.3 is 0 Å². The monoisotopic (exact) mass is 287 g/mol. The van der Waals surface area contributed by atoms with Crippen molar-refractivity contribution in [1.29, 1.82) is 0 Å². The predicted molar refractivity (Wildman–Crippen MR) is 83.5 cm³/mol. The Balaban J connectivity index is 2.33. The molecule has 112 valence electrons. The molecule has 2 rings (SSSR count). The molecule has 1 aromatic heterocycles. The summed E-state index contributed by atoms with van der Waals surface area (Å²) >= 11 is 0. The van der Waals surface area contributed by atoms with E-state index < -0.39 is 0 Å². The number of aromatic nitrogens is 1. The Hall–Kier alpha value is -2.30. The average Bonchev–Trinajstić information content (AvgIpc) is 3.30. The van der Waals surface area contributed by atoms with Gasteiger partial charge in [-0.3, -0.25) is 4.79 Å². The molecule has 1 aliphatic carbocycles. The van der Waals surface area contributed by atoms with Crippen LogP contribution in [0.3, 0.4) is 0 Å². The van der Waals surface area contributed by atoms with Crippen molar-refractivity contribution in [2.75, 3.05) is 13.7 Å². The van der Waals surface area contributed by atoms with Crippen molar-refractivity contribution in [3.05, 3.63) is 42.2 Å². The molecular weight excluding hydrogens is 266 g/mol. The van der Waals surface area contributed by atoms with E-state index in [0.29, 0.717) is 29.8 Å². The average molecular weight is 287 g/mol. The maximum Gasteiger partial charge on any atom is 0.269 e. The van der Waals surface area contributed by atoms with E-state index >= 15 is 0 Å².